The van der Waals surface area contributed by atoms with Crippen LogP contribution in [0, 0.1) is 0 Å². The molecule has 166 valence electrons. The molecule has 2 heterocycles. The van der Waals surface area contributed by atoms with E-state index in [0.29, 0.717) is 11.4 Å². The van der Waals surface area contributed by atoms with Gasteiger partial charge in [-0.3, -0.25) is 14.5 Å². The van der Waals surface area contributed by atoms with Crippen LogP contribution in [0.2, 0.25) is 0 Å². The Morgan fingerprint density at radius 3 is 2.30 bits per heavy atom. The number of sulfonamides is 1. The number of rotatable bonds is 8. The van der Waals surface area contributed by atoms with E-state index in [-0.39, 0.29) is 22.9 Å². The van der Waals surface area contributed by atoms with Gasteiger partial charge in [-0.05, 0) is 66.2 Å². The number of carbonyl (C=O) groups is 1. The largest absolute Gasteiger partial charge is 0.485 e. The molecule has 4 rings (SSSR count). The zero-order valence-electron chi connectivity index (χ0n) is 17.4. The minimum absolute atomic E-state index is 0.0436. The van der Waals surface area contributed by atoms with Gasteiger partial charge in [0.15, 0.2) is 11.6 Å². The number of hydrogen-bond acceptors (Lipinski definition) is 6. The van der Waals surface area contributed by atoms with E-state index in [1.807, 2.05) is 12.1 Å². The normalized spacial score (nSPS) is 10.9. The Bertz CT molecular complexity index is 1330. The quantitative estimate of drug-likeness (QED) is 0.409. The van der Waals surface area contributed by atoms with Crippen LogP contribution >= 0.6 is 0 Å². The minimum atomic E-state index is -3.77. The number of amides is 1. The van der Waals surface area contributed by atoms with Gasteiger partial charge in [0.2, 0.25) is 0 Å². The van der Waals surface area contributed by atoms with E-state index in [1.54, 1.807) is 61.1 Å². The third-order valence-electron chi connectivity index (χ3n) is 4.60. The lowest BCUT2D eigenvalue weighted by Gasteiger charge is -2.12. The van der Waals surface area contributed by atoms with E-state index in [9.17, 15) is 13.2 Å². The van der Waals surface area contributed by atoms with Gasteiger partial charge < -0.3 is 10.1 Å². The second kappa shape index (κ2) is 9.92. The number of aromatic nitrogens is 2. The summed E-state index contributed by atoms with van der Waals surface area (Å²) in [6.45, 7) is 0.290. The van der Waals surface area contributed by atoms with Gasteiger partial charge in [-0.2, -0.15) is 0 Å². The summed E-state index contributed by atoms with van der Waals surface area (Å²) in [6, 6.07) is 21.3. The van der Waals surface area contributed by atoms with Crippen LogP contribution in [0.5, 0.6) is 5.75 Å². The van der Waals surface area contributed by atoms with Crippen molar-refractivity contribution in [1.82, 2.24) is 9.97 Å². The number of hydrogen-bond donors (Lipinski definition) is 2. The maximum atomic E-state index is 12.7. The molecule has 0 aliphatic heterocycles. The molecule has 0 bridgehead atoms. The molecule has 2 aromatic heterocycles. The highest BCUT2D eigenvalue weighted by Gasteiger charge is 2.16. The van der Waals surface area contributed by atoms with Crippen molar-refractivity contribution in [2.24, 2.45) is 0 Å². The molecule has 0 saturated carbocycles. The Kier molecular flexibility index (Phi) is 6.61. The lowest BCUT2D eigenvalue weighted by atomic mass is 10.2. The first-order chi connectivity index (χ1) is 16.0. The summed E-state index contributed by atoms with van der Waals surface area (Å²) in [7, 11) is -3.77. The predicted octanol–water partition coefficient (Wildman–Crippen LogP) is 4.11. The molecule has 8 nitrogen and oxygen atoms in total. The molecule has 2 aromatic carbocycles. The maximum Gasteiger partial charge on any atom is 0.261 e. The molecule has 4 aromatic rings. The van der Waals surface area contributed by atoms with Gasteiger partial charge in [-0.25, -0.2) is 13.4 Å². The van der Waals surface area contributed by atoms with E-state index in [1.165, 1.54) is 24.3 Å². The SMILES string of the molecule is O=C(Nc1ncccc1OCc1ccncc1)c1ccc(S(=O)(=O)Nc2ccccc2)cc1. The number of benzene rings is 2. The number of anilines is 2. The van der Waals surface area contributed by atoms with Gasteiger partial charge in [-0.15, -0.1) is 0 Å². The molecular formula is C24H20N4O4S. The van der Waals surface area contributed by atoms with Crippen molar-refractivity contribution in [3.05, 3.63) is 109 Å². The minimum Gasteiger partial charge on any atom is -0.485 e. The lowest BCUT2D eigenvalue weighted by molar-refractivity contribution is 0.102. The van der Waals surface area contributed by atoms with Crippen LogP contribution < -0.4 is 14.8 Å². The molecule has 9 heteroatoms. The van der Waals surface area contributed by atoms with Gasteiger partial charge >= 0.3 is 0 Å². The van der Waals surface area contributed by atoms with Crippen LogP contribution in [0.25, 0.3) is 0 Å². The number of carbonyl (C=O) groups excluding carboxylic acids is 1. The maximum absolute atomic E-state index is 12.7. The Labute approximate surface area is 191 Å². The summed E-state index contributed by atoms with van der Waals surface area (Å²) in [5.41, 5.74) is 1.65. The standard InChI is InChI=1S/C24H20N4O4S/c29-24(27-23-22(7-4-14-26-23)32-17-18-12-15-25-16-13-18)19-8-10-21(11-9-19)33(30,31)28-20-5-2-1-3-6-20/h1-16,28H,17H2,(H,26,27,29). The van der Waals surface area contributed by atoms with Crippen molar-refractivity contribution < 1.29 is 17.9 Å². The van der Waals surface area contributed by atoms with Crippen LogP contribution in [0.3, 0.4) is 0 Å². The highest BCUT2D eigenvalue weighted by molar-refractivity contribution is 7.92. The number of pyridine rings is 2. The van der Waals surface area contributed by atoms with Crippen molar-refractivity contribution in [2.75, 3.05) is 10.0 Å². The summed E-state index contributed by atoms with van der Waals surface area (Å²) < 4.78 is 33.4. The molecule has 0 aliphatic carbocycles. The fourth-order valence-corrected chi connectivity index (χ4v) is 3.99. The highest BCUT2D eigenvalue weighted by Crippen LogP contribution is 2.23. The van der Waals surface area contributed by atoms with Crippen molar-refractivity contribution in [3.8, 4) is 5.75 Å². The number of ether oxygens (including phenoxy) is 1. The molecule has 0 saturated heterocycles. The molecule has 0 atom stereocenters. The summed E-state index contributed by atoms with van der Waals surface area (Å²) in [4.78, 5) is 20.9. The average Bonchev–Trinajstić information content (AvgIpc) is 2.84. The molecule has 0 spiro atoms. The molecule has 2 N–H and O–H groups in total. The van der Waals surface area contributed by atoms with Gasteiger partial charge in [-0.1, -0.05) is 18.2 Å². The first-order valence-corrected chi connectivity index (χ1v) is 11.5. The van der Waals surface area contributed by atoms with Crippen LogP contribution in [-0.4, -0.2) is 24.3 Å². The van der Waals surface area contributed by atoms with Crippen molar-refractivity contribution in [3.63, 3.8) is 0 Å². The van der Waals surface area contributed by atoms with Gasteiger partial charge in [0, 0.05) is 29.8 Å². The Balaban J connectivity index is 1.44. The Morgan fingerprint density at radius 1 is 0.848 bits per heavy atom. The van der Waals surface area contributed by atoms with Crippen LogP contribution in [0.1, 0.15) is 15.9 Å². The van der Waals surface area contributed by atoms with Crippen molar-refractivity contribution in [2.45, 2.75) is 11.5 Å². The van der Waals surface area contributed by atoms with Gasteiger partial charge in [0.25, 0.3) is 15.9 Å². The van der Waals surface area contributed by atoms with Crippen LogP contribution in [0.4, 0.5) is 11.5 Å². The topological polar surface area (TPSA) is 110 Å². The summed E-state index contributed by atoms with van der Waals surface area (Å²) in [5.74, 6) is 0.232. The smallest absolute Gasteiger partial charge is 0.261 e. The third-order valence-corrected chi connectivity index (χ3v) is 6.00. The van der Waals surface area contributed by atoms with Crippen LogP contribution in [0.15, 0.2) is 102 Å². The van der Waals surface area contributed by atoms with Crippen molar-refractivity contribution >= 4 is 27.4 Å². The molecule has 33 heavy (non-hydrogen) atoms. The van der Waals surface area contributed by atoms with E-state index in [0.717, 1.165) is 5.56 Å². The lowest BCUT2D eigenvalue weighted by Crippen LogP contribution is -2.15. The Hall–Kier alpha value is -4.24. The fraction of sp³-hybridized carbons (Fsp3) is 0.0417. The van der Waals surface area contributed by atoms with E-state index in [2.05, 4.69) is 20.0 Å². The first-order valence-electron chi connectivity index (χ1n) is 9.97. The van der Waals surface area contributed by atoms with Crippen LogP contribution in [-0.2, 0) is 16.6 Å². The summed E-state index contributed by atoms with van der Waals surface area (Å²) in [5, 5.41) is 2.71. The number of para-hydroxylation sites is 1. The molecule has 0 radical (unpaired) electrons. The zero-order valence-corrected chi connectivity index (χ0v) is 18.2. The Morgan fingerprint density at radius 2 is 1.58 bits per heavy atom. The third kappa shape index (κ3) is 5.72. The number of nitrogens with one attached hydrogen (secondary N) is 2. The van der Waals surface area contributed by atoms with E-state index in [4.69, 9.17) is 4.74 Å². The average molecular weight is 461 g/mol. The van der Waals surface area contributed by atoms with Gasteiger partial charge in [0.1, 0.15) is 6.61 Å². The molecule has 0 unspecified atom stereocenters. The second-order valence-electron chi connectivity index (χ2n) is 6.94. The second-order valence-corrected chi connectivity index (χ2v) is 8.63. The highest BCUT2D eigenvalue weighted by atomic mass is 32.2. The summed E-state index contributed by atoms with van der Waals surface area (Å²) in [6.07, 6.45) is 4.88. The van der Waals surface area contributed by atoms with E-state index < -0.39 is 15.9 Å². The molecule has 0 fully saturated rings. The molecular weight excluding hydrogens is 440 g/mol. The fourth-order valence-electron chi connectivity index (χ4n) is 2.93. The zero-order chi connectivity index (χ0) is 23.1. The molecule has 0 aliphatic rings. The first kappa shape index (κ1) is 22.0. The van der Waals surface area contributed by atoms with Gasteiger partial charge in [0.05, 0.1) is 4.90 Å². The monoisotopic (exact) mass is 460 g/mol. The number of nitrogens with zero attached hydrogens (tertiary/aromatic N) is 2. The predicted molar refractivity (Wildman–Crippen MR) is 124 cm³/mol. The summed E-state index contributed by atoms with van der Waals surface area (Å²) >= 11 is 0. The van der Waals surface area contributed by atoms with Crippen molar-refractivity contribution in [1.29, 1.82) is 0 Å². The molecule has 1 amide bonds. The van der Waals surface area contributed by atoms with E-state index >= 15 is 0 Å².